The third kappa shape index (κ3) is 4.82. The maximum atomic E-state index is 9.88. The highest BCUT2D eigenvalue weighted by atomic mass is 16.5. The Kier molecular flexibility index (Phi) is 5.63. The molecule has 19 heavy (non-hydrogen) atoms. The minimum Gasteiger partial charge on any atom is -0.491 e. The molecule has 2 rings (SSSR count). The Morgan fingerprint density at radius 1 is 1.32 bits per heavy atom. The highest BCUT2D eigenvalue weighted by Crippen LogP contribution is 2.21. The third-order valence-electron chi connectivity index (χ3n) is 3.55. The number of hydrogen-bond donors (Lipinski definition) is 2. The van der Waals surface area contributed by atoms with Gasteiger partial charge in [0.15, 0.2) is 0 Å². The molecule has 0 spiro atoms. The summed E-state index contributed by atoms with van der Waals surface area (Å²) in [6.45, 7) is 0.880. The van der Waals surface area contributed by atoms with E-state index in [1.54, 1.807) is 7.11 Å². The normalized spacial score (nSPS) is 24.3. The van der Waals surface area contributed by atoms with Gasteiger partial charge in [0, 0.05) is 19.7 Å². The number of benzene rings is 1. The van der Waals surface area contributed by atoms with Crippen molar-refractivity contribution in [3.8, 4) is 5.75 Å². The van der Waals surface area contributed by atoms with Crippen LogP contribution in [-0.2, 0) is 4.74 Å². The summed E-state index contributed by atoms with van der Waals surface area (Å²) >= 11 is 0. The van der Waals surface area contributed by atoms with Gasteiger partial charge in [0.2, 0.25) is 0 Å². The van der Waals surface area contributed by atoms with Crippen LogP contribution in [0.2, 0.25) is 0 Å². The number of ether oxygens (including phenoxy) is 2. The smallest absolute Gasteiger partial charge is 0.119 e. The van der Waals surface area contributed by atoms with E-state index < -0.39 is 6.10 Å². The van der Waals surface area contributed by atoms with Crippen LogP contribution in [0, 0.1) is 0 Å². The van der Waals surface area contributed by atoms with E-state index in [1.807, 2.05) is 30.3 Å². The van der Waals surface area contributed by atoms with Crippen LogP contribution < -0.4 is 10.1 Å². The summed E-state index contributed by atoms with van der Waals surface area (Å²) < 4.78 is 10.8. The van der Waals surface area contributed by atoms with Gasteiger partial charge in [-0.2, -0.15) is 0 Å². The van der Waals surface area contributed by atoms with Gasteiger partial charge in [-0.25, -0.2) is 0 Å². The molecular weight excluding hydrogens is 242 g/mol. The summed E-state index contributed by atoms with van der Waals surface area (Å²) in [7, 11) is 1.76. The first-order valence-corrected chi connectivity index (χ1v) is 6.90. The van der Waals surface area contributed by atoms with Crippen LogP contribution >= 0.6 is 0 Å². The molecule has 0 radical (unpaired) electrons. The van der Waals surface area contributed by atoms with E-state index in [2.05, 4.69) is 5.32 Å². The van der Waals surface area contributed by atoms with E-state index in [1.165, 1.54) is 0 Å². The first-order chi connectivity index (χ1) is 9.28. The fraction of sp³-hybridized carbons (Fsp3) is 0.600. The molecule has 1 fully saturated rings. The predicted molar refractivity (Wildman–Crippen MR) is 74.4 cm³/mol. The first kappa shape index (κ1) is 14.3. The van der Waals surface area contributed by atoms with Gasteiger partial charge in [-0.1, -0.05) is 18.2 Å². The summed E-state index contributed by atoms with van der Waals surface area (Å²) in [4.78, 5) is 0. The molecule has 0 heterocycles. The molecule has 1 aliphatic carbocycles. The molecular formula is C15H23NO3. The van der Waals surface area contributed by atoms with Crippen LogP contribution in [0.3, 0.4) is 0 Å². The molecule has 0 amide bonds. The van der Waals surface area contributed by atoms with Crippen molar-refractivity contribution in [1.29, 1.82) is 0 Å². The number of rotatable bonds is 7. The monoisotopic (exact) mass is 265 g/mol. The van der Waals surface area contributed by atoms with Gasteiger partial charge in [0.05, 0.1) is 6.10 Å². The van der Waals surface area contributed by atoms with Gasteiger partial charge < -0.3 is 19.9 Å². The zero-order chi connectivity index (χ0) is 13.5. The van der Waals surface area contributed by atoms with Crippen molar-refractivity contribution in [1.82, 2.24) is 5.32 Å². The number of methoxy groups -OCH3 is 1. The molecule has 0 aliphatic heterocycles. The lowest BCUT2D eigenvalue weighted by Gasteiger charge is -2.17. The average Bonchev–Trinajstić information content (AvgIpc) is 2.92. The van der Waals surface area contributed by atoms with Crippen molar-refractivity contribution >= 4 is 0 Å². The number of nitrogens with one attached hydrogen (secondary N) is 1. The van der Waals surface area contributed by atoms with Crippen molar-refractivity contribution < 1.29 is 14.6 Å². The molecule has 4 nitrogen and oxygen atoms in total. The summed E-state index contributed by atoms with van der Waals surface area (Å²) in [5.41, 5.74) is 0. The molecule has 0 bridgehead atoms. The Labute approximate surface area is 114 Å². The summed E-state index contributed by atoms with van der Waals surface area (Å²) in [5, 5.41) is 13.2. The Morgan fingerprint density at radius 2 is 2.11 bits per heavy atom. The molecule has 1 aromatic carbocycles. The van der Waals surface area contributed by atoms with E-state index in [4.69, 9.17) is 9.47 Å². The van der Waals surface area contributed by atoms with E-state index in [0.29, 0.717) is 25.3 Å². The summed E-state index contributed by atoms with van der Waals surface area (Å²) in [6.07, 6.45) is 3.13. The summed E-state index contributed by atoms with van der Waals surface area (Å²) in [6, 6.07) is 10.0. The lowest BCUT2D eigenvalue weighted by atomic mass is 10.2. The Morgan fingerprint density at radius 3 is 2.79 bits per heavy atom. The van der Waals surface area contributed by atoms with Crippen LogP contribution in [0.4, 0.5) is 0 Å². The van der Waals surface area contributed by atoms with E-state index in [0.717, 1.165) is 25.0 Å². The van der Waals surface area contributed by atoms with Crippen molar-refractivity contribution in [3.05, 3.63) is 30.3 Å². The lowest BCUT2D eigenvalue weighted by Crippen LogP contribution is -2.37. The van der Waals surface area contributed by atoms with Crippen LogP contribution in [0.1, 0.15) is 19.3 Å². The second kappa shape index (κ2) is 7.48. The quantitative estimate of drug-likeness (QED) is 0.786. The van der Waals surface area contributed by atoms with E-state index in [-0.39, 0.29) is 0 Å². The standard InChI is InChI=1S/C15H23NO3/c1-18-15-8-7-12(9-15)16-10-13(17)11-19-14-5-3-2-4-6-14/h2-6,12-13,15-17H,7-11H2,1H3. The van der Waals surface area contributed by atoms with Crippen LogP contribution in [0.15, 0.2) is 30.3 Å². The van der Waals surface area contributed by atoms with Gasteiger partial charge >= 0.3 is 0 Å². The fourth-order valence-corrected chi connectivity index (χ4v) is 2.41. The van der Waals surface area contributed by atoms with Gasteiger partial charge in [0.25, 0.3) is 0 Å². The average molecular weight is 265 g/mol. The highest BCUT2D eigenvalue weighted by Gasteiger charge is 2.24. The molecule has 3 unspecified atom stereocenters. The SMILES string of the molecule is COC1CCC(NCC(O)COc2ccccc2)C1. The molecule has 4 heteroatoms. The maximum absolute atomic E-state index is 9.88. The maximum Gasteiger partial charge on any atom is 0.119 e. The van der Waals surface area contributed by atoms with Crippen molar-refractivity contribution in [3.63, 3.8) is 0 Å². The number of para-hydroxylation sites is 1. The second-order valence-electron chi connectivity index (χ2n) is 5.05. The molecule has 1 aliphatic rings. The molecule has 3 atom stereocenters. The molecule has 1 saturated carbocycles. The molecule has 106 valence electrons. The zero-order valence-corrected chi connectivity index (χ0v) is 11.4. The molecule has 0 saturated heterocycles. The van der Waals surface area contributed by atoms with Crippen LogP contribution in [0.25, 0.3) is 0 Å². The molecule has 2 N–H and O–H groups in total. The number of hydrogen-bond acceptors (Lipinski definition) is 4. The topological polar surface area (TPSA) is 50.7 Å². The first-order valence-electron chi connectivity index (χ1n) is 6.90. The fourth-order valence-electron chi connectivity index (χ4n) is 2.41. The van der Waals surface area contributed by atoms with Crippen molar-refractivity contribution in [2.45, 2.75) is 37.5 Å². The highest BCUT2D eigenvalue weighted by molar-refractivity contribution is 5.20. The number of aliphatic hydroxyl groups excluding tert-OH is 1. The molecule has 1 aromatic rings. The predicted octanol–water partition coefficient (Wildman–Crippen LogP) is 1.58. The van der Waals surface area contributed by atoms with E-state index >= 15 is 0 Å². The van der Waals surface area contributed by atoms with Gasteiger partial charge in [-0.15, -0.1) is 0 Å². The molecule has 0 aromatic heterocycles. The number of aliphatic hydroxyl groups is 1. The van der Waals surface area contributed by atoms with Gasteiger partial charge in [-0.3, -0.25) is 0 Å². The largest absolute Gasteiger partial charge is 0.491 e. The zero-order valence-electron chi connectivity index (χ0n) is 11.4. The van der Waals surface area contributed by atoms with Crippen molar-refractivity contribution in [2.75, 3.05) is 20.3 Å². The minimum absolute atomic E-state index is 0.317. The van der Waals surface area contributed by atoms with Crippen molar-refractivity contribution in [2.24, 2.45) is 0 Å². The third-order valence-corrected chi connectivity index (χ3v) is 3.55. The Balaban J connectivity index is 1.61. The van der Waals surface area contributed by atoms with Crippen LogP contribution in [-0.4, -0.2) is 43.6 Å². The van der Waals surface area contributed by atoms with Gasteiger partial charge in [-0.05, 0) is 31.4 Å². The van der Waals surface area contributed by atoms with Gasteiger partial charge in [0.1, 0.15) is 18.5 Å². The Hall–Kier alpha value is -1.10. The lowest BCUT2D eigenvalue weighted by molar-refractivity contribution is 0.0966. The van der Waals surface area contributed by atoms with E-state index in [9.17, 15) is 5.11 Å². The minimum atomic E-state index is -0.484. The summed E-state index contributed by atoms with van der Waals surface area (Å²) in [5.74, 6) is 0.793. The second-order valence-corrected chi connectivity index (χ2v) is 5.05. The Bertz CT molecular complexity index is 358. The van der Waals surface area contributed by atoms with Crippen LogP contribution in [0.5, 0.6) is 5.75 Å².